The van der Waals surface area contributed by atoms with Crippen LogP contribution in [0.3, 0.4) is 0 Å². The van der Waals surface area contributed by atoms with Gasteiger partial charge >= 0.3 is 12.6 Å². The van der Waals surface area contributed by atoms with Gasteiger partial charge in [-0.2, -0.15) is 8.78 Å². The molecule has 0 atom stereocenters. The van der Waals surface area contributed by atoms with Crippen LogP contribution in [0.25, 0.3) is 0 Å². The van der Waals surface area contributed by atoms with Gasteiger partial charge in [-0.25, -0.2) is 0 Å². The number of aliphatic carboxylic acids is 1. The molecule has 114 valence electrons. The van der Waals surface area contributed by atoms with E-state index in [0.29, 0.717) is 18.4 Å². The van der Waals surface area contributed by atoms with E-state index in [1.165, 1.54) is 18.2 Å². The third-order valence-corrected chi connectivity index (χ3v) is 3.47. The third-order valence-electron chi connectivity index (χ3n) is 3.47. The fourth-order valence-electron chi connectivity index (χ4n) is 1.98. The number of carbonyl (C=O) groups is 2. The number of halogens is 2. The van der Waals surface area contributed by atoms with Crippen molar-refractivity contribution in [3.05, 3.63) is 29.8 Å². The predicted octanol–water partition coefficient (Wildman–Crippen LogP) is 1.81. The molecule has 0 saturated heterocycles. The van der Waals surface area contributed by atoms with Crippen molar-refractivity contribution >= 4 is 11.9 Å². The Kier molecular flexibility index (Phi) is 4.40. The fourth-order valence-corrected chi connectivity index (χ4v) is 1.98. The summed E-state index contributed by atoms with van der Waals surface area (Å²) >= 11 is 0. The number of carbonyl (C=O) groups excluding carboxylic acids is 1. The van der Waals surface area contributed by atoms with E-state index in [2.05, 4.69) is 10.1 Å². The minimum atomic E-state index is -2.96. The second-order valence-electron chi connectivity index (χ2n) is 5.03. The van der Waals surface area contributed by atoms with Gasteiger partial charge in [0.2, 0.25) is 5.91 Å². The Hall–Kier alpha value is -2.18. The average Bonchev–Trinajstić information content (AvgIpc) is 3.19. The van der Waals surface area contributed by atoms with E-state index in [0.717, 1.165) is 0 Å². The van der Waals surface area contributed by atoms with Crippen LogP contribution < -0.4 is 10.1 Å². The van der Waals surface area contributed by atoms with Gasteiger partial charge in [-0.3, -0.25) is 9.59 Å². The van der Waals surface area contributed by atoms with Crippen LogP contribution in [-0.2, 0) is 16.0 Å². The summed E-state index contributed by atoms with van der Waals surface area (Å²) in [5.74, 6) is -1.40. The monoisotopic (exact) mass is 299 g/mol. The minimum absolute atomic E-state index is 0.0537. The largest absolute Gasteiger partial charge is 0.481 e. The van der Waals surface area contributed by atoms with Crippen molar-refractivity contribution < 1.29 is 28.2 Å². The lowest BCUT2D eigenvalue weighted by Gasteiger charge is -2.13. The molecule has 5 nitrogen and oxygen atoms in total. The smallest absolute Gasteiger partial charge is 0.387 e. The Bertz CT molecular complexity index is 544. The Morgan fingerprint density at radius 2 is 2.00 bits per heavy atom. The Labute approximate surface area is 119 Å². The summed E-state index contributed by atoms with van der Waals surface area (Å²) in [6.45, 7) is -2.91. The first kappa shape index (κ1) is 15.2. The van der Waals surface area contributed by atoms with Crippen molar-refractivity contribution in [3.63, 3.8) is 0 Å². The van der Waals surface area contributed by atoms with Gasteiger partial charge in [-0.05, 0) is 18.9 Å². The van der Waals surface area contributed by atoms with E-state index >= 15 is 0 Å². The third kappa shape index (κ3) is 3.90. The van der Waals surface area contributed by atoms with Crippen LogP contribution in [0.4, 0.5) is 8.78 Å². The molecule has 7 heteroatoms. The van der Waals surface area contributed by atoms with Gasteiger partial charge in [0, 0.05) is 12.1 Å². The summed E-state index contributed by atoms with van der Waals surface area (Å²) in [7, 11) is 0. The first-order valence-corrected chi connectivity index (χ1v) is 6.46. The van der Waals surface area contributed by atoms with Crippen molar-refractivity contribution in [2.75, 3.05) is 6.54 Å². The van der Waals surface area contributed by atoms with Crippen LogP contribution in [0, 0.1) is 5.41 Å². The topological polar surface area (TPSA) is 75.6 Å². The molecule has 1 fully saturated rings. The standard InChI is InChI=1S/C14H15F2NO4/c15-13(16)21-10-4-2-1-3-9(10)7-11(18)17-8-14(5-6-14)12(19)20/h1-4,13H,5-8H2,(H,17,18)(H,19,20). The van der Waals surface area contributed by atoms with Gasteiger partial charge in [0.1, 0.15) is 5.75 Å². The van der Waals surface area contributed by atoms with E-state index in [9.17, 15) is 18.4 Å². The summed E-state index contributed by atoms with van der Waals surface area (Å²) < 4.78 is 28.8. The summed E-state index contributed by atoms with van der Waals surface area (Å²) in [4.78, 5) is 22.8. The molecule has 1 aromatic carbocycles. The quantitative estimate of drug-likeness (QED) is 0.805. The van der Waals surface area contributed by atoms with Crippen LogP contribution >= 0.6 is 0 Å². The van der Waals surface area contributed by atoms with Gasteiger partial charge in [0.05, 0.1) is 11.8 Å². The lowest BCUT2D eigenvalue weighted by molar-refractivity contribution is -0.143. The number of hydrogen-bond donors (Lipinski definition) is 2. The van der Waals surface area contributed by atoms with Crippen molar-refractivity contribution in [1.29, 1.82) is 0 Å². The first-order valence-electron chi connectivity index (χ1n) is 6.46. The SMILES string of the molecule is O=C(Cc1ccccc1OC(F)F)NCC1(C(=O)O)CC1. The van der Waals surface area contributed by atoms with Gasteiger partial charge in [0.25, 0.3) is 0 Å². The van der Waals surface area contributed by atoms with E-state index in [1.54, 1.807) is 6.07 Å². The molecular weight excluding hydrogens is 284 g/mol. The first-order chi connectivity index (χ1) is 9.93. The molecule has 0 bridgehead atoms. The highest BCUT2D eigenvalue weighted by atomic mass is 19.3. The second-order valence-corrected chi connectivity index (χ2v) is 5.03. The number of ether oxygens (including phenoxy) is 1. The minimum Gasteiger partial charge on any atom is -0.481 e. The Morgan fingerprint density at radius 3 is 2.57 bits per heavy atom. The summed E-state index contributed by atoms with van der Waals surface area (Å²) in [5, 5.41) is 11.5. The number of hydrogen-bond acceptors (Lipinski definition) is 3. The van der Waals surface area contributed by atoms with Crippen LogP contribution in [0.2, 0.25) is 0 Å². The molecule has 1 aliphatic carbocycles. The van der Waals surface area contributed by atoms with E-state index in [1.807, 2.05) is 0 Å². The fraction of sp³-hybridized carbons (Fsp3) is 0.429. The number of benzene rings is 1. The molecule has 1 aromatic rings. The summed E-state index contributed by atoms with van der Waals surface area (Å²) in [6.07, 6.45) is 0.931. The number of nitrogens with one attached hydrogen (secondary N) is 1. The molecule has 0 aromatic heterocycles. The van der Waals surface area contributed by atoms with Crippen LogP contribution in [0.5, 0.6) is 5.75 Å². The van der Waals surface area contributed by atoms with E-state index < -0.39 is 23.9 Å². The van der Waals surface area contributed by atoms with Crippen molar-refractivity contribution in [1.82, 2.24) is 5.32 Å². The Morgan fingerprint density at radius 1 is 1.33 bits per heavy atom. The molecule has 0 aliphatic heterocycles. The zero-order valence-electron chi connectivity index (χ0n) is 11.1. The van der Waals surface area contributed by atoms with Gasteiger partial charge in [0.15, 0.2) is 0 Å². The Balaban J connectivity index is 1.92. The predicted molar refractivity (Wildman–Crippen MR) is 69.1 cm³/mol. The van der Waals surface area contributed by atoms with Crippen LogP contribution in [0.1, 0.15) is 18.4 Å². The second kappa shape index (κ2) is 6.07. The summed E-state index contributed by atoms with van der Waals surface area (Å²) in [5.41, 5.74) is -0.523. The number of carboxylic acid groups (broad SMARTS) is 1. The molecule has 1 aliphatic rings. The van der Waals surface area contributed by atoms with Gasteiger partial charge in [-0.1, -0.05) is 18.2 Å². The number of amides is 1. The molecule has 21 heavy (non-hydrogen) atoms. The zero-order valence-corrected chi connectivity index (χ0v) is 11.1. The molecule has 1 amide bonds. The molecular formula is C14H15F2NO4. The lowest BCUT2D eigenvalue weighted by Crippen LogP contribution is -2.35. The van der Waals surface area contributed by atoms with Crippen molar-refractivity contribution in [3.8, 4) is 5.75 Å². The van der Waals surface area contributed by atoms with Crippen molar-refractivity contribution in [2.45, 2.75) is 25.9 Å². The number of para-hydroxylation sites is 1. The van der Waals surface area contributed by atoms with Crippen LogP contribution in [-0.4, -0.2) is 30.1 Å². The maximum absolute atomic E-state index is 12.3. The number of carboxylic acids is 1. The molecule has 2 N–H and O–H groups in total. The lowest BCUT2D eigenvalue weighted by atomic mass is 10.1. The van der Waals surface area contributed by atoms with Gasteiger partial charge in [-0.15, -0.1) is 0 Å². The molecule has 0 spiro atoms. The van der Waals surface area contributed by atoms with E-state index in [4.69, 9.17) is 5.11 Å². The maximum atomic E-state index is 12.3. The van der Waals surface area contributed by atoms with E-state index in [-0.39, 0.29) is 18.7 Å². The molecule has 2 rings (SSSR count). The molecule has 0 radical (unpaired) electrons. The molecule has 1 saturated carbocycles. The average molecular weight is 299 g/mol. The number of alkyl halides is 2. The molecule has 0 heterocycles. The highest BCUT2D eigenvalue weighted by Crippen LogP contribution is 2.45. The van der Waals surface area contributed by atoms with Crippen molar-refractivity contribution in [2.24, 2.45) is 5.41 Å². The molecule has 0 unspecified atom stereocenters. The highest BCUT2D eigenvalue weighted by molar-refractivity contribution is 5.82. The normalized spacial score (nSPS) is 15.6. The number of rotatable bonds is 7. The summed E-state index contributed by atoms with van der Waals surface area (Å²) in [6, 6.07) is 6.01. The van der Waals surface area contributed by atoms with Gasteiger partial charge < -0.3 is 15.2 Å². The zero-order chi connectivity index (χ0) is 15.5. The van der Waals surface area contributed by atoms with Crippen LogP contribution in [0.15, 0.2) is 24.3 Å². The highest BCUT2D eigenvalue weighted by Gasteiger charge is 2.50. The maximum Gasteiger partial charge on any atom is 0.387 e.